The third-order valence-corrected chi connectivity index (χ3v) is 4.21. The number of amides is 2. The minimum Gasteiger partial charge on any atom is -0.330 e. The van der Waals surface area contributed by atoms with Crippen LogP contribution in [0.4, 0.5) is 4.79 Å². The van der Waals surface area contributed by atoms with Crippen molar-refractivity contribution in [1.29, 1.82) is 0 Å². The molecule has 0 aliphatic heterocycles. The number of imidazole rings is 1. The average Bonchev–Trinajstić information content (AvgIpc) is 3.36. The molecular formula is C18H18N4O. The Kier molecular flexibility index (Phi) is 3.46. The quantitative estimate of drug-likeness (QED) is 0.775. The summed E-state index contributed by atoms with van der Waals surface area (Å²) in [4.78, 5) is 16.7. The van der Waals surface area contributed by atoms with E-state index in [4.69, 9.17) is 0 Å². The lowest BCUT2D eigenvalue weighted by Gasteiger charge is -2.19. The van der Waals surface area contributed by atoms with Crippen molar-refractivity contribution in [2.45, 2.75) is 18.9 Å². The molecule has 2 aromatic carbocycles. The molecule has 0 saturated heterocycles. The van der Waals surface area contributed by atoms with Gasteiger partial charge in [0.25, 0.3) is 0 Å². The number of hydrogen-bond acceptors (Lipinski definition) is 2. The first kappa shape index (κ1) is 13.8. The summed E-state index contributed by atoms with van der Waals surface area (Å²) in [5, 5.41) is 3.10. The maximum absolute atomic E-state index is 12.4. The molecule has 0 radical (unpaired) electrons. The zero-order valence-electron chi connectivity index (χ0n) is 12.6. The lowest BCUT2D eigenvalue weighted by Crippen LogP contribution is -2.37. The van der Waals surface area contributed by atoms with E-state index in [1.54, 1.807) is 11.0 Å². The van der Waals surface area contributed by atoms with E-state index in [-0.39, 0.29) is 12.1 Å². The van der Waals surface area contributed by atoms with Crippen LogP contribution in [0.5, 0.6) is 0 Å². The number of benzene rings is 2. The van der Waals surface area contributed by atoms with Crippen molar-refractivity contribution in [1.82, 2.24) is 15.0 Å². The predicted molar refractivity (Wildman–Crippen MR) is 89.5 cm³/mol. The maximum atomic E-state index is 12.4. The molecule has 2 amide bonds. The monoisotopic (exact) mass is 306 g/mol. The van der Waals surface area contributed by atoms with Gasteiger partial charge in [0.1, 0.15) is 6.33 Å². The smallest absolute Gasteiger partial charge is 0.330 e. The molecule has 2 N–H and O–H groups in total. The second-order valence-corrected chi connectivity index (χ2v) is 5.91. The van der Waals surface area contributed by atoms with E-state index in [0.717, 1.165) is 29.4 Å². The number of aromatic nitrogens is 2. The second kappa shape index (κ2) is 5.76. The Labute approximate surface area is 134 Å². The van der Waals surface area contributed by atoms with Gasteiger partial charge >= 0.3 is 6.03 Å². The summed E-state index contributed by atoms with van der Waals surface area (Å²) < 4.78 is 1.65. The van der Waals surface area contributed by atoms with E-state index in [1.165, 1.54) is 0 Å². The molecule has 0 unspecified atom stereocenters. The van der Waals surface area contributed by atoms with Crippen LogP contribution in [0.25, 0.3) is 11.0 Å². The van der Waals surface area contributed by atoms with Crippen LogP contribution in [-0.4, -0.2) is 15.7 Å². The fourth-order valence-electron chi connectivity index (χ4n) is 2.89. The average molecular weight is 306 g/mol. The summed E-state index contributed by atoms with van der Waals surface area (Å²) >= 11 is 0. The largest absolute Gasteiger partial charge is 0.334 e. The summed E-state index contributed by atoms with van der Waals surface area (Å²) in [5.74, 6) is 0.530. The van der Waals surface area contributed by atoms with Crippen molar-refractivity contribution in [2.75, 3.05) is 5.43 Å². The zero-order chi connectivity index (χ0) is 15.6. The van der Waals surface area contributed by atoms with Crippen LogP contribution >= 0.6 is 0 Å². The number of carbonyl (C=O) groups excluding carboxylic acids is 1. The van der Waals surface area contributed by atoms with Crippen molar-refractivity contribution in [2.24, 2.45) is 5.92 Å². The SMILES string of the molecule is O=C(N[C@H](c1ccccc1)C1CC1)Nn1cnc2ccccc21. The van der Waals surface area contributed by atoms with Crippen molar-refractivity contribution in [3.8, 4) is 0 Å². The first-order valence-electron chi connectivity index (χ1n) is 7.86. The predicted octanol–water partition coefficient (Wildman–Crippen LogP) is 3.44. The molecule has 4 rings (SSSR count). The molecule has 5 nitrogen and oxygen atoms in total. The Bertz CT molecular complexity index is 823. The molecule has 0 spiro atoms. The highest BCUT2D eigenvalue weighted by molar-refractivity contribution is 5.85. The van der Waals surface area contributed by atoms with Crippen LogP contribution in [0.1, 0.15) is 24.4 Å². The van der Waals surface area contributed by atoms with Crippen molar-refractivity contribution < 1.29 is 4.79 Å². The minimum atomic E-state index is -0.214. The van der Waals surface area contributed by atoms with E-state index >= 15 is 0 Å². The summed E-state index contributed by atoms with van der Waals surface area (Å²) in [6, 6.07) is 17.7. The van der Waals surface area contributed by atoms with Gasteiger partial charge in [0, 0.05) is 0 Å². The van der Waals surface area contributed by atoms with Gasteiger partial charge in [-0.15, -0.1) is 0 Å². The highest BCUT2D eigenvalue weighted by atomic mass is 16.2. The van der Waals surface area contributed by atoms with E-state index in [0.29, 0.717) is 5.92 Å². The molecule has 1 atom stereocenters. The third kappa shape index (κ3) is 2.90. The molecule has 1 heterocycles. The van der Waals surface area contributed by atoms with Gasteiger partial charge in [-0.25, -0.2) is 19.9 Å². The molecule has 0 bridgehead atoms. The van der Waals surface area contributed by atoms with Crippen LogP contribution in [-0.2, 0) is 0 Å². The third-order valence-electron chi connectivity index (χ3n) is 4.21. The van der Waals surface area contributed by atoms with Crippen LogP contribution in [0.2, 0.25) is 0 Å². The number of nitrogens with zero attached hydrogens (tertiary/aromatic N) is 2. The zero-order valence-corrected chi connectivity index (χ0v) is 12.6. The number of rotatable bonds is 4. The summed E-state index contributed by atoms with van der Waals surface area (Å²) in [7, 11) is 0. The molecule has 5 heteroatoms. The van der Waals surface area contributed by atoms with Crippen LogP contribution < -0.4 is 10.7 Å². The van der Waals surface area contributed by atoms with Gasteiger partial charge in [-0.2, -0.15) is 0 Å². The number of urea groups is 1. The summed E-state index contributed by atoms with van der Waals surface area (Å²) in [5.41, 5.74) is 5.74. The van der Waals surface area contributed by atoms with Crippen molar-refractivity contribution in [3.05, 3.63) is 66.5 Å². The topological polar surface area (TPSA) is 59.0 Å². The Morgan fingerprint density at radius 2 is 1.83 bits per heavy atom. The number of carbonyl (C=O) groups is 1. The first-order chi connectivity index (χ1) is 11.3. The number of fused-ring (bicyclic) bond motifs is 1. The van der Waals surface area contributed by atoms with Gasteiger partial charge in [0.15, 0.2) is 0 Å². The Morgan fingerprint density at radius 3 is 2.61 bits per heavy atom. The fourth-order valence-corrected chi connectivity index (χ4v) is 2.89. The number of para-hydroxylation sites is 2. The Balaban J connectivity index is 1.50. The molecule has 1 aromatic heterocycles. The summed E-state index contributed by atoms with van der Waals surface area (Å²) in [6.45, 7) is 0. The van der Waals surface area contributed by atoms with Crippen molar-refractivity contribution >= 4 is 17.1 Å². The molecule has 1 fully saturated rings. The van der Waals surface area contributed by atoms with Gasteiger partial charge in [-0.1, -0.05) is 42.5 Å². The van der Waals surface area contributed by atoms with Gasteiger partial charge in [-0.3, -0.25) is 0 Å². The van der Waals surface area contributed by atoms with Gasteiger partial charge in [0.2, 0.25) is 0 Å². The van der Waals surface area contributed by atoms with E-state index < -0.39 is 0 Å². The molecule has 116 valence electrons. The van der Waals surface area contributed by atoms with Gasteiger partial charge < -0.3 is 5.32 Å². The van der Waals surface area contributed by atoms with Crippen LogP contribution in [0, 0.1) is 5.92 Å². The lowest BCUT2D eigenvalue weighted by atomic mass is 10.0. The molecule has 1 aliphatic rings. The Morgan fingerprint density at radius 1 is 1.09 bits per heavy atom. The molecule has 23 heavy (non-hydrogen) atoms. The van der Waals surface area contributed by atoms with E-state index in [2.05, 4.69) is 27.9 Å². The molecule has 1 saturated carbocycles. The highest BCUT2D eigenvalue weighted by Gasteiger charge is 2.33. The standard InChI is InChI=1S/C18H18N4O/c23-18(21-22-12-19-15-8-4-5-9-16(15)22)20-17(14-10-11-14)13-6-2-1-3-7-13/h1-9,12,14,17H,10-11H2,(H2,20,21,23)/t17-/m1/s1. The molecule has 1 aliphatic carbocycles. The van der Waals surface area contributed by atoms with Gasteiger partial charge in [-0.05, 0) is 36.5 Å². The lowest BCUT2D eigenvalue weighted by molar-refractivity contribution is 0.244. The van der Waals surface area contributed by atoms with Crippen LogP contribution in [0.15, 0.2) is 60.9 Å². The Hall–Kier alpha value is -2.82. The maximum Gasteiger partial charge on any atom is 0.334 e. The number of nitrogens with one attached hydrogen (secondary N) is 2. The fraction of sp³-hybridized carbons (Fsp3) is 0.222. The van der Waals surface area contributed by atoms with Crippen molar-refractivity contribution in [3.63, 3.8) is 0 Å². The number of hydrogen-bond donors (Lipinski definition) is 2. The normalized spacial score (nSPS) is 15.3. The molecular weight excluding hydrogens is 288 g/mol. The highest BCUT2D eigenvalue weighted by Crippen LogP contribution is 2.40. The summed E-state index contributed by atoms with van der Waals surface area (Å²) in [6.07, 6.45) is 3.95. The van der Waals surface area contributed by atoms with Crippen LogP contribution in [0.3, 0.4) is 0 Å². The first-order valence-corrected chi connectivity index (χ1v) is 7.86. The molecule has 3 aromatic rings. The van der Waals surface area contributed by atoms with Gasteiger partial charge in [0.05, 0.1) is 17.1 Å². The second-order valence-electron chi connectivity index (χ2n) is 5.91. The minimum absolute atomic E-state index is 0.0611. The van der Waals surface area contributed by atoms with E-state index in [9.17, 15) is 4.79 Å². The van der Waals surface area contributed by atoms with E-state index in [1.807, 2.05) is 42.5 Å².